The molecule has 0 unspecified atom stereocenters. The van der Waals surface area contributed by atoms with Gasteiger partial charge in [-0.15, -0.1) is 0 Å². The summed E-state index contributed by atoms with van der Waals surface area (Å²) in [4.78, 5) is 0. The topological polar surface area (TPSA) is 3.88 Å². The minimum atomic E-state index is -2.19. The molecule has 0 radical (unpaired) electrons. The lowest BCUT2D eigenvalue weighted by molar-refractivity contribution is -0.659. The van der Waals surface area contributed by atoms with Crippen LogP contribution < -0.4 is 9.75 Å². The molecule has 2 rings (SSSR count). The molecule has 2 aromatic rings. The van der Waals surface area contributed by atoms with Crippen molar-refractivity contribution in [1.29, 1.82) is 0 Å². The van der Waals surface area contributed by atoms with Gasteiger partial charge in [-0.25, -0.2) is 4.57 Å². The van der Waals surface area contributed by atoms with E-state index in [0.717, 1.165) is 22.0 Å². The Kier molecular flexibility index (Phi) is 2.27. The van der Waals surface area contributed by atoms with Crippen LogP contribution in [0.4, 0.5) is 0 Å². The van der Waals surface area contributed by atoms with E-state index in [4.69, 9.17) is 8.22 Å². The van der Waals surface area contributed by atoms with E-state index in [1.165, 1.54) is 0 Å². The molecule has 1 aromatic carbocycles. The van der Waals surface area contributed by atoms with Crippen molar-refractivity contribution in [2.24, 2.45) is 7.05 Å². The van der Waals surface area contributed by atoms with Crippen molar-refractivity contribution in [3.05, 3.63) is 47.2 Å². The van der Waals surface area contributed by atoms with E-state index < -0.39 is 21.8 Å². The van der Waals surface area contributed by atoms with Crippen molar-refractivity contribution in [3.63, 3.8) is 0 Å². The van der Waals surface area contributed by atoms with E-state index in [1.807, 2.05) is 24.7 Å². The normalized spacial score (nSPS) is 17.4. The van der Waals surface area contributed by atoms with Crippen LogP contribution in [0.15, 0.2) is 30.5 Å². The summed E-state index contributed by atoms with van der Waals surface area (Å²) in [7, 11) is 0.0566. The fourth-order valence-electron chi connectivity index (χ4n) is 2.47. The maximum absolute atomic E-state index is 7.96. The molecule has 0 aliphatic carbocycles. The van der Waals surface area contributed by atoms with Crippen LogP contribution in [0.5, 0.6) is 0 Å². The molecule has 0 N–H and O–H groups in total. The van der Waals surface area contributed by atoms with E-state index in [-0.39, 0.29) is 5.56 Å². The van der Waals surface area contributed by atoms with E-state index in [1.54, 1.807) is 24.3 Å². The largest absolute Gasteiger partial charge is 0.212 e. The van der Waals surface area contributed by atoms with E-state index in [2.05, 4.69) is 19.6 Å². The second kappa shape index (κ2) is 5.17. The van der Waals surface area contributed by atoms with Gasteiger partial charge in [0, 0.05) is 25.0 Å². The fourth-order valence-corrected chi connectivity index (χ4v) is 3.93. The number of hydrogen-bond acceptors (Lipinski definition) is 0. The van der Waals surface area contributed by atoms with Gasteiger partial charge in [-0.3, -0.25) is 0 Å². The highest BCUT2D eigenvalue weighted by Gasteiger charge is 2.24. The van der Waals surface area contributed by atoms with Gasteiger partial charge in [-0.05, 0) is 37.8 Å². The SMILES string of the molecule is [2H]C([2H])([2H])c1ccc(-c2cc(C([2H])([2H])[2H])c([Si](C)(C)C)c[n+]2C)c(C)c1. The van der Waals surface area contributed by atoms with Gasteiger partial charge >= 0.3 is 0 Å². The van der Waals surface area contributed by atoms with Crippen LogP contribution >= 0.6 is 0 Å². The highest BCUT2D eigenvalue weighted by molar-refractivity contribution is 6.88. The van der Waals surface area contributed by atoms with Crippen molar-refractivity contribution in [1.82, 2.24) is 0 Å². The Labute approximate surface area is 132 Å². The van der Waals surface area contributed by atoms with Crippen LogP contribution in [0.25, 0.3) is 11.3 Å². The van der Waals surface area contributed by atoms with Gasteiger partial charge in [0.05, 0.1) is 8.07 Å². The number of hydrogen-bond donors (Lipinski definition) is 0. The molecule has 0 aliphatic heterocycles. The molecule has 1 nitrogen and oxygen atoms in total. The van der Waals surface area contributed by atoms with Crippen LogP contribution in [0.2, 0.25) is 19.6 Å². The number of pyridine rings is 1. The molecule has 0 aliphatic rings. The predicted molar refractivity (Wildman–Crippen MR) is 90.2 cm³/mol. The standard InChI is InChI=1S/C18H26NSi/c1-13-8-9-16(14(2)10-13)17-11-15(3)18(12-19(17)4)20(5,6)7/h8-12H,1-7H3/q+1/i1D3,3D3. The lowest BCUT2D eigenvalue weighted by atomic mass is 10.0. The zero-order chi connectivity index (χ0) is 20.1. The first-order valence-electron chi connectivity index (χ1n) is 9.78. The molecule has 106 valence electrons. The van der Waals surface area contributed by atoms with Crippen LogP contribution in [0, 0.1) is 20.6 Å². The highest BCUT2D eigenvalue weighted by atomic mass is 28.3. The summed E-state index contributed by atoms with van der Waals surface area (Å²) in [5, 5.41) is 0.917. The number of rotatable bonds is 2. The summed E-state index contributed by atoms with van der Waals surface area (Å²) >= 11 is 0. The predicted octanol–water partition coefficient (Wildman–Crippen LogP) is 3.65. The summed E-state index contributed by atoms with van der Waals surface area (Å²) < 4.78 is 48.5. The highest BCUT2D eigenvalue weighted by Crippen LogP contribution is 2.22. The van der Waals surface area contributed by atoms with Gasteiger partial charge in [-0.2, -0.15) is 0 Å². The Hall–Kier alpha value is -1.41. The van der Waals surface area contributed by atoms with Crippen molar-refractivity contribution < 1.29 is 12.8 Å². The third kappa shape index (κ3) is 2.85. The summed E-state index contributed by atoms with van der Waals surface area (Å²) in [6.45, 7) is 3.91. The van der Waals surface area contributed by atoms with Crippen LogP contribution in [0.3, 0.4) is 0 Å². The molecular weight excluding hydrogens is 258 g/mol. The molecule has 0 saturated carbocycles. The van der Waals surface area contributed by atoms with Crippen molar-refractivity contribution >= 4 is 13.3 Å². The van der Waals surface area contributed by atoms with Crippen LogP contribution in [-0.2, 0) is 7.05 Å². The Morgan fingerprint density at radius 1 is 1.05 bits per heavy atom. The molecule has 0 spiro atoms. The van der Waals surface area contributed by atoms with Crippen LogP contribution in [-0.4, -0.2) is 8.07 Å². The number of benzene rings is 1. The third-order valence-corrected chi connectivity index (χ3v) is 5.60. The minimum absolute atomic E-state index is 0.288. The first-order chi connectivity index (χ1) is 11.6. The summed E-state index contributed by atoms with van der Waals surface area (Å²) in [6, 6.07) is 6.77. The Morgan fingerprint density at radius 2 is 1.80 bits per heavy atom. The average Bonchev–Trinajstić information content (AvgIpc) is 2.44. The smallest absolute Gasteiger partial charge is 0.201 e. The second-order valence-electron chi connectivity index (χ2n) is 6.38. The summed E-state index contributed by atoms with van der Waals surface area (Å²) in [6.07, 6.45) is 1.93. The van der Waals surface area contributed by atoms with Gasteiger partial charge in [0.1, 0.15) is 7.05 Å². The molecule has 1 heterocycles. The zero-order valence-electron chi connectivity index (χ0n) is 18.8. The van der Waals surface area contributed by atoms with Crippen molar-refractivity contribution in [3.8, 4) is 11.3 Å². The monoisotopic (exact) mass is 290 g/mol. The average molecular weight is 291 g/mol. The molecule has 0 amide bonds. The van der Waals surface area contributed by atoms with Gasteiger partial charge in [0.2, 0.25) is 5.69 Å². The lowest BCUT2D eigenvalue weighted by Gasteiger charge is -2.18. The minimum Gasteiger partial charge on any atom is -0.201 e. The Morgan fingerprint density at radius 3 is 2.35 bits per heavy atom. The van der Waals surface area contributed by atoms with Gasteiger partial charge in [0.15, 0.2) is 6.20 Å². The molecule has 2 heteroatoms. The quantitative estimate of drug-likeness (QED) is 0.587. The number of aromatic nitrogens is 1. The lowest BCUT2D eigenvalue weighted by Crippen LogP contribution is -2.46. The second-order valence-corrected chi connectivity index (χ2v) is 11.4. The Balaban J connectivity index is 2.72. The van der Waals surface area contributed by atoms with Gasteiger partial charge in [0.25, 0.3) is 0 Å². The molecular formula is C18H26NSi+. The van der Waals surface area contributed by atoms with E-state index in [9.17, 15) is 0 Å². The molecule has 0 atom stereocenters. The van der Waals surface area contributed by atoms with Gasteiger partial charge in [-0.1, -0.05) is 37.3 Å². The molecule has 0 fully saturated rings. The first kappa shape index (κ1) is 8.78. The van der Waals surface area contributed by atoms with E-state index in [0.29, 0.717) is 5.56 Å². The fraction of sp³-hybridized carbons (Fsp3) is 0.389. The summed E-state index contributed by atoms with van der Waals surface area (Å²) in [5.74, 6) is 0. The molecule has 0 bridgehead atoms. The van der Waals surface area contributed by atoms with Crippen molar-refractivity contribution in [2.75, 3.05) is 0 Å². The molecule has 1 aromatic heterocycles. The summed E-state index contributed by atoms with van der Waals surface area (Å²) in [5.41, 5.74) is 3.10. The van der Waals surface area contributed by atoms with Crippen molar-refractivity contribution in [2.45, 2.75) is 40.3 Å². The first-order valence-corrected chi connectivity index (χ1v) is 10.3. The number of nitrogens with zero attached hydrogens (tertiary/aromatic N) is 1. The van der Waals surface area contributed by atoms with E-state index >= 15 is 0 Å². The van der Waals surface area contributed by atoms with Gasteiger partial charge < -0.3 is 0 Å². The van der Waals surface area contributed by atoms with Crippen LogP contribution in [0.1, 0.15) is 24.9 Å². The maximum Gasteiger partial charge on any atom is 0.212 e. The molecule has 20 heavy (non-hydrogen) atoms. The third-order valence-electron chi connectivity index (χ3n) is 3.58. The molecule has 0 saturated heterocycles. The zero-order valence-corrected chi connectivity index (χ0v) is 13.8. The number of aryl methyl sites for hydroxylation is 4. The Bertz CT molecular complexity index is 831. The maximum atomic E-state index is 7.96.